The summed E-state index contributed by atoms with van der Waals surface area (Å²) in [6, 6.07) is 3.56. The van der Waals surface area contributed by atoms with Gasteiger partial charge in [0.05, 0.1) is 5.70 Å². The highest BCUT2D eigenvalue weighted by atomic mass is 16.3. The van der Waals surface area contributed by atoms with E-state index in [9.17, 15) is 9.59 Å². The fourth-order valence-electron chi connectivity index (χ4n) is 2.90. The molecule has 0 aliphatic carbocycles. The number of anilines is 1. The summed E-state index contributed by atoms with van der Waals surface area (Å²) in [5, 5.41) is 19.4. The van der Waals surface area contributed by atoms with Crippen LogP contribution in [0.4, 0.5) is 5.82 Å². The van der Waals surface area contributed by atoms with Crippen LogP contribution in [0.2, 0.25) is 0 Å². The Morgan fingerprint density at radius 1 is 1.13 bits per heavy atom. The van der Waals surface area contributed by atoms with E-state index < -0.39 is 11.8 Å². The Bertz CT molecular complexity index is 951. The van der Waals surface area contributed by atoms with Gasteiger partial charge in [-0.05, 0) is 25.0 Å². The number of hydrogen-bond acceptors (Lipinski definition) is 8. The molecule has 3 heterocycles. The van der Waals surface area contributed by atoms with Gasteiger partial charge in [-0.15, -0.1) is 0 Å². The fourth-order valence-corrected chi connectivity index (χ4v) is 2.90. The minimum atomic E-state index is -0.589. The van der Waals surface area contributed by atoms with Gasteiger partial charge in [0.15, 0.2) is 5.69 Å². The molecule has 10 heteroatoms. The number of carbonyl (C=O) groups is 2. The van der Waals surface area contributed by atoms with Crippen LogP contribution in [-0.2, 0) is 4.79 Å². The van der Waals surface area contributed by atoms with Crippen molar-refractivity contribution in [1.82, 2.24) is 25.9 Å². The highest BCUT2D eigenvalue weighted by Gasteiger charge is 2.20. The number of fused-ring (bicyclic) bond motifs is 5. The Morgan fingerprint density at radius 3 is 2.67 bits per heavy atom. The standard InChI is InChI=1S/C20H25N7O3/c1-22-11-14-17(21)19(29)25-8-5-3-2-4-7-23-16-10-13(6-9-24-16)20-27-15(12-30-20)18(28)26-14/h6,9-12,21-22H,2-5,7-8H2,1H3,(H,23,24)(H,25,29)(H,26,28)/b14-11+,21-17?. The van der Waals surface area contributed by atoms with Gasteiger partial charge in [0.1, 0.15) is 17.8 Å². The maximum absolute atomic E-state index is 12.6. The van der Waals surface area contributed by atoms with Crippen LogP contribution in [0.15, 0.2) is 40.9 Å². The van der Waals surface area contributed by atoms with E-state index in [2.05, 4.69) is 31.2 Å². The van der Waals surface area contributed by atoms with E-state index in [1.807, 2.05) is 6.07 Å². The third kappa shape index (κ3) is 5.43. The van der Waals surface area contributed by atoms with E-state index in [1.54, 1.807) is 19.3 Å². The quantitative estimate of drug-likeness (QED) is 0.480. The molecule has 0 unspecified atom stereocenters. The van der Waals surface area contributed by atoms with Crippen LogP contribution in [-0.4, -0.2) is 47.6 Å². The average Bonchev–Trinajstić information content (AvgIpc) is 3.25. The second-order valence-corrected chi connectivity index (χ2v) is 6.74. The summed E-state index contributed by atoms with van der Waals surface area (Å²) in [4.78, 5) is 33.4. The van der Waals surface area contributed by atoms with Crippen molar-refractivity contribution in [2.75, 3.05) is 25.5 Å². The zero-order valence-corrected chi connectivity index (χ0v) is 16.7. The third-order valence-electron chi connectivity index (χ3n) is 4.47. The summed E-state index contributed by atoms with van der Waals surface area (Å²) < 4.78 is 5.45. The predicted molar refractivity (Wildman–Crippen MR) is 112 cm³/mol. The van der Waals surface area contributed by atoms with Crippen molar-refractivity contribution in [3.05, 3.63) is 42.2 Å². The Balaban J connectivity index is 1.85. The van der Waals surface area contributed by atoms with Gasteiger partial charge in [0, 0.05) is 38.1 Å². The Labute approximate surface area is 174 Å². The molecule has 0 spiro atoms. The van der Waals surface area contributed by atoms with Crippen LogP contribution in [0.1, 0.15) is 36.2 Å². The zero-order chi connectivity index (χ0) is 21.3. The molecule has 0 aromatic carbocycles. The number of rotatable bonds is 1. The molecule has 2 amide bonds. The van der Waals surface area contributed by atoms with E-state index in [0.29, 0.717) is 17.9 Å². The van der Waals surface area contributed by atoms with Gasteiger partial charge in [-0.25, -0.2) is 9.97 Å². The summed E-state index contributed by atoms with van der Waals surface area (Å²) in [5.74, 6) is -0.168. The highest BCUT2D eigenvalue weighted by Crippen LogP contribution is 2.21. The van der Waals surface area contributed by atoms with Crippen molar-refractivity contribution in [2.24, 2.45) is 0 Å². The van der Waals surface area contributed by atoms with Crippen LogP contribution in [0.25, 0.3) is 11.5 Å². The van der Waals surface area contributed by atoms with Gasteiger partial charge < -0.3 is 25.7 Å². The molecule has 0 radical (unpaired) electrons. The van der Waals surface area contributed by atoms with E-state index >= 15 is 0 Å². The first-order valence-electron chi connectivity index (χ1n) is 9.80. The molecule has 10 nitrogen and oxygen atoms in total. The molecule has 0 fully saturated rings. The van der Waals surface area contributed by atoms with Crippen LogP contribution in [0.5, 0.6) is 0 Å². The van der Waals surface area contributed by atoms with Gasteiger partial charge in [-0.1, -0.05) is 12.8 Å². The highest BCUT2D eigenvalue weighted by molar-refractivity contribution is 6.44. The molecule has 2 aromatic heterocycles. The molecule has 1 aliphatic heterocycles. The Morgan fingerprint density at radius 2 is 1.90 bits per heavy atom. The average molecular weight is 411 g/mol. The molecular formula is C20H25N7O3. The topological polar surface area (TPSA) is 145 Å². The zero-order valence-electron chi connectivity index (χ0n) is 16.7. The number of oxazole rings is 1. The predicted octanol–water partition coefficient (Wildman–Crippen LogP) is 1.65. The largest absolute Gasteiger partial charge is 0.444 e. The number of pyridine rings is 1. The molecule has 30 heavy (non-hydrogen) atoms. The molecule has 3 rings (SSSR count). The minimum absolute atomic E-state index is 0.0319. The van der Waals surface area contributed by atoms with Crippen LogP contribution < -0.4 is 21.3 Å². The minimum Gasteiger partial charge on any atom is -0.444 e. The van der Waals surface area contributed by atoms with Crippen molar-refractivity contribution in [2.45, 2.75) is 25.7 Å². The first-order chi connectivity index (χ1) is 14.6. The lowest BCUT2D eigenvalue weighted by molar-refractivity contribution is -0.114. The molecule has 5 N–H and O–H groups in total. The number of nitrogens with zero attached hydrogens (tertiary/aromatic N) is 2. The van der Waals surface area contributed by atoms with E-state index in [-0.39, 0.29) is 23.0 Å². The molecular weight excluding hydrogens is 386 g/mol. The normalized spacial score (nSPS) is 17.8. The number of hydrogen-bond donors (Lipinski definition) is 5. The Hall–Kier alpha value is -3.69. The lowest BCUT2D eigenvalue weighted by Crippen LogP contribution is -2.38. The summed E-state index contributed by atoms with van der Waals surface area (Å²) >= 11 is 0. The molecule has 158 valence electrons. The van der Waals surface area contributed by atoms with E-state index in [4.69, 9.17) is 9.83 Å². The van der Waals surface area contributed by atoms with Crippen LogP contribution >= 0.6 is 0 Å². The summed E-state index contributed by atoms with van der Waals surface area (Å²) in [6.45, 7) is 1.23. The van der Waals surface area contributed by atoms with Gasteiger partial charge in [0.25, 0.3) is 11.8 Å². The van der Waals surface area contributed by atoms with Crippen molar-refractivity contribution < 1.29 is 14.0 Å². The van der Waals surface area contributed by atoms with Crippen molar-refractivity contribution >= 4 is 23.3 Å². The fraction of sp³-hybridized carbons (Fsp3) is 0.350. The summed E-state index contributed by atoms with van der Waals surface area (Å²) in [6.07, 6.45) is 8.00. The lowest BCUT2D eigenvalue weighted by Gasteiger charge is -2.11. The Kier molecular flexibility index (Phi) is 7.14. The van der Waals surface area contributed by atoms with Crippen molar-refractivity contribution in [1.29, 1.82) is 5.41 Å². The molecule has 1 aliphatic rings. The number of aromatic nitrogens is 2. The van der Waals surface area contributed by atoms with E-state index in [1.165, 1.54) is 12.5 Å². The molecule has 2 aromatic rings. The van der Waals surface area contributed by atoms with Crippen LogP contribution in [0.3, 0.4) is 0 Å². The maximum Gasteiger partial charge on any atom is 0.277 e. The summed E-state index contributed by atoms with van der Waals surface area (Å²) in [7, 11) is 1.61. The SMILES string of the molecule is CN/C=C1/NC(=O)c2coc(n2)-c2ccnc(c2)NCCCCCCNC(=O)C1=N. The van der Waals surface area contributed by atoms with Gasteiger partial charge in [0.2, 0.25) is 5.89 Å². The first-order valence-corrected chi connectivity index (χ1v) is 9.80. The van der Waals surface area contributed by atoms with Crippen molar-refractivity contribution in [3.63, 3.8) is 0 Å². The van der Waals surface area contributed by atoms with E-state index in [0.717, 1.165) is 32.2 Å². The second kappa shape index (κ2) is 10.2. The molecule has 4 bridgehead atoms. The monoisotopic (exact) mass is 411 g/mol. The lowest BCUT2D eigenvalue weighted by atomic mass is 10.2. The number of amides is 2. The van der Waals surface area contributed by atoms with Gasteiger partial charge in [-0.3, -0.25) is 15.0 Å². The van der Waals surface area contributed by atoms with Gasteiger partial charge >= 0.3 is 0 Å². The summed E-state index contributed by atoms with van der Waals surface area (Å²) in [5.41, 5.74) is 0.409. The van der Waals surface area contributed by atoms with Crippen LogP contribution in [0, 0.1) is 5.41 Å². The molecule has 0 saturated carbocycles. The van der Waals surface area contributed by atoms with Gasteiger partial charge in [-0.2, -0.15) is 0 Å². The molecule has 0 atom stereocenters. The second-order valence-electron chi connectivity index (χ2n) is 6.74. The molecule has 0 saturated heterocycles. The number of nitrogens with one attached hydrogen (secondary N) is 5. The third-order valence-corrected chi connectivity index (χ3v) is 4.47. The first kappa shape index (κ1) is 21.0. The smallest absolute Gasteiger partial charge is 0.277 e. The number of carbonyl (C=O) groups excluding carboxylic acids is 2. The maximum atomic E-state index is 12.6. The van der Waals surface area contributed by atoms with Crippen molar-refractivity contribution in [3.8, 4) is 11.5 Å².